The minimum Gasteiger partial charge on any atom is -0.393 e. The Balaban J connectivity index is 1.63. The summed E-state index contributed by atoms with van der Waals surface area (Å²) in [7, 11) is 0. The van der Waals surface area contributed by atoms with E-state index in [1.807, 2.05) is 16.8 Å². The van der Waals surface area contributed by atoms with Crippen LogP contribution in [0, 0.1) is 5.41 Å². The van der Waals surface area contributed by atoms with E-state index in [2.05, 4.69) is 17.2 Å². The molecule has 2 saturated carbocycles. The van der Waals surface area contributed by atoms with Gasteiger partial charge in [0.2, 0.25) is 5.95 Å². The number of hydrogen-bond donors (Lipinski definition) is 2. The van der Waals surface area contributed by atoms with E-state index in [9.17, 15) is 9.90 Å². The highest BCUT2D eigenvalue weighted by Gasteiger charge is 2.35. The normalized spacial score (nSPS) is 23.1. The van der Waals surface area contributed by atoms with Crippen LogP contribution in [-0.4, -0.2) is 32.3 Å². The fourth-order valence-corrected chi connectivity index (χ4v) is 5.41. The number of hydrogen-bond acceptors (Lipinski definition) is 5. The molecule has 7 heteroatoms. The lowest BCUT2D eigenvalue weighted by Gasteiger charge is -2.41. The molecule has 2 N–H and O–H groups in total. The molecule has 0 amide bonds. The van der Waals surface area contributed by atoms with Crippen molar-refractivity contribution < 1.29 is 5.11 Å². The first-order valence-electron chi connectivity index (χ1n) is 11.4. The van der Waals surface area contributed by atoms with Crippen LogP contribution in [0.4, 0.5) is 5.95 Å². The van der Waals surface area contributed by atoms with E-state index in [1.54, 1.807) is 12.1 Å². The second-order valence-corrected chi connectivity index (χ2v) is 9.76. The lowest BCUT2D eigenvalue weighted by Crippen LogP contribution is -2.36. The predicted octanol–water partition coefficient (Wildman–Crippen LogP) is 5.07. The molecule has 2 fully saturated rings. The summed E-state index contributed by atoms with van der Waals surface area (Å²) in [6.07, 6.45) is 9.37. The average Bonchev–Trinajstić information content (AvgIpc) is 2.75. The first-order chi connectivity index (χ1) is 15.0. The molecule has 1 aromatic carbocycles. The Bertz CT molecular complexity index is 1170. The lowest BCUT2D eigenvalue weighted by atomic mass is 9.67. The van der Waals surface area contributed by atoms with Gasteiger partial charge in [0.25, 0.3) is 5.56 Å². The van der Waals surface area contributed by atoms with E-state index < -0.39 is 0 Å². The van der Waals surface area contributed by atoms with Gasteiger partial charge in [0, 0.05) is 34.6 Å². The summed E-state index contributed by atoms with van der Waals surface area (Å²) < 4.78 is 1.83. The zero-order valence-electron chi connectivity index (χ0n) is 17.9. The largest absolute Gasteiger partial charge is 0.393 e. The number of fused-ring (bicyclic) bond motifs is 3. The Hall–Kier alpha value is -2.18. The Labute approximate surface area is 186 Å². The summed E-state index contributed by atoms with van der Waals surface area (Å²) in [5.41, 5.74) is 0.940. The predicted molar refractivity (Wildman–Crippen MR) is 125 cm³/mol. The van der Waals surface area contributed by atoms with Gasteiger partial charge in [-0.2, -0.15) is 4.98 Å². The van der Waals surface area contributed by atoms with E-state index in [-0.39, 0.29) is 17.7 Å². The highest BCUT2D eigenvalue weighted by molar-refractivity contribution is 6.31. The monoisotopic (exact) mass is 440 g/mol. The third kappa shape index (κ3) is 3.70. The number of nitrogens with one attached hydrogen (secondary N) is 1. The molecule has 0 spiro atoms. The summed E-state index contributed by atoms with van der Waals surface area (Å²) in [4.78, 5) is 23.0. The third-order valence-corrected chi connectivity index (χ3v) is 7.77. The number of halogens is 1. The second-order valence-electron chi connectivity index (χ2n) is 9.32. The van der Waals surface area contributed by atoms with Crippen LogP contribution in [0.1, 0.15) is 64.3 Å². The van der Waals surface area contributed by atoms with Gasteiger partial charge >= 0.3 is 0 Å². The van der Waals surface area contributed by atoms with Crippen LogP contribution in [0.2, 0.25) is 5.02 Å². The Morgan fingerprint density at radius 3 is 2.65 bits per heavy atom. The Morgan fingerprint density at radius 2 is 1.97 bits per heavy atom. The van der Waals surface area contributed by atoms with Crippen LogP contribution in [0.5, 0.6) is 0 Å². The Morgan fingerprint density at radius 1 is 1.19 bits per heavy atom. The van der Waals surface area contributed by atoms with Gasteiger partial charge in [-0.15, -0.1) is 0 Å². The summed E-state index contributed by atoms with van der Waals surface area (Å²) >= 11 is 6.22. The standard InChI is InChI=1S/C24H29ClN4O2/c1-2-24(10-3-11-24)14-27-23-26-13-20-18-9-4-15(25)12-19(18)22(31)29(21(20)28-23)16-5-7-17(30)8-6-16/h4,9,12-13,16-17,30H,2-3,5-8,10-11,14H2,1H3,(H,26,27,28). The summed E-state index contributed by atoms with van der Waals surface area (Å²) in [5.74, 6) is 0.574. The SMILES string of the molecule is CCC1(CNc2ncc3c4ccc(Cl)cc4c(=O)n(C4CCC(O)CC4)c3n2)CCC1. The van der Waals surface area contributed by atoms with Crippen LogP contribution in [-0.2, 0) is 0 Å². The molecule has 2 aromatic heterocycles. The van der Waals surface area contributed by atoms with E-state index >= 15 is 0 Å². The lowest BCUT2D eigenvalue weighted by molar-refractivity contribution is 0.111. The Kier molecular flexibility index (Phi) is 5.39. The fraction of sp³-hybridized carbons (Fsp3) is 0.542. The van der Waals surface area contributed by atoms with Crippen molar-refractivity contribution in [2.24, 2.45) is 5.41 Å². The van der Waals surface area contributed by atoms with Gasteiger partial charge < -0.3 is 10.4 Å². The molecule has 5 rings (SSSR count). The van der Waals surface area contributed by atoms with E-state index in [0.717, 1.165) is 36.6 Å². The second kappa shape index (κ2) is 8.06. The van der Waals surface area contributed by atoms with Crippen molar-refractivity contribution in [2.75, 3.05) is 11.9 Å². The van der Waals surface area contributed by atoms with Crippen LogP contribution in [0.15, 0.2) is 29.2 Å². The molecule has 0 unspecified atom stereocenters. The number of pyridine rings is 1. The van der Waals surface area contributed by atoms with Crippen molar-refractivity contribution in [3.63, 3.8) is 0 Å². The summed E-state index contributed by atoms with van der Waals surface area (Å²) in [6, 6.07) is 5.43. The van der Waals surface area contributed by atoms with Gasteiger partial charge in [0.15, 0.2) is 0 Å². The maximum absolute atomic E-state index is 13.6. The summed E-state index contributed by atoms with van der Waals surface area (Å²) in [6.45, 7) is 3.10. The van der Waals surface area contributed by atoms with E-state index in [4.69, 9.17) is 16.6 Å². The molecule has 6 nitrogen and oxygen atoms in total. The number of benzene rings is 1. The van der Waals surface area contributed by atoms with Gasteiger partial charge in [-0.1, -0.05) is 31.0 Å². The quantitative estimate of drug-likeness (QED) is 0.541. The molecule has 31 heavy (non-hydrogen) atoms. The molecule has 0 atom stereocenters. The smallest absolute Gasteiger partial charge is 0.260 e. The molecule has 0 radical (unpaired) electrons. The average molecular weight is 441 g/mol. The molecule has 2 aliphatic carbocycles. The van der Waals surface area contributed by atoms with Crippen molar-refractivity contribution in [3.05, 3.63) is 39.8 Å². The zero-order valence-corrected chi connectivity index (χ0v) is 18.7. The van der Waals surface area contributed by atoms with Gasteiger partial charge in [-0.3, -0.25) is 9.36 Å². The minimum absolute atomic E-state index is 0.0122. The van der Waals surface area contributed by atoms with E-state index in [0.29, 0.717) is 40.3 Å². The number of aliphatic hydroxyl groups excluding tert-OH is 1. The number of aromatic nitrogens is 3. The highest BCUT2D eigenvalue weighted by atomic mass is 35.5. The first kappa shape index (κ1) is 20.7. The maximum atomic E-state index is 13.6. The van der Waals surface area contributed by atoms with Gasteiger partial charge in [0.1, 0.15) is 5.65 Å². The van der Waals surface area contributed by atoms with Crippen molar-refractivity contribution in [2.45, 2.75) is 70.4 Å². The zero-order chi connectivity index (χ0) is 21.6. The highest BCUT2D eigenvalue weighted by Crippen LogP contribution is 2.43. The molecular formula is C24H29ClN4O2. The van der Waals surface area contributed by atoms with Gasteiger partial charge in [-0.05, 0) is 67.9 Å². The number of nitrogens with zero attached hydrogens (tertiary/aromatic N) is 3. The van der Waals surface area contributed by atoms with Crippen molar-refractivity contribution >= 4 is 39.4 Å². The number of rotatable bonds is 5. The minimum atomic E-state index is -0.285. The molecule has 2 aliphatic rings. The molecule has 3 aromatic rings. The van der Waals surface area contributed by atoms with Crippen LogP contribution in [0.25, 0.3) is 21.8 Å². The molecule has 0 aliphatic heterocycles. The van der Waals surface area contributed by atoms with E-state index in [1.165, 1.54) is 19.3 Å². The summed E-state index contributed by atoms with van der Waals surface area (Å²) in [5, 5.41) is 16.2. The number of aliphatic hydroxyl groups is 1. The first-order valence-corrected chi connectivity index (χ1v) is 11.8. The number of anilines is 1. The van der Waals surface area contributed by atoms with Gasteiger partial charge in [0.05, 0.1) is 6.10 Å². The molecule has 2 heterocycles. The van der Waals surface area contributed by atoms with Gasteiger partial charge in [-0.25, -0.2) is 4.98 Å². The molecule has 0 bridgehead atoms. The van der Waals surface area contributed by atoms with Crippen LogP contribution >= 0.6 is 11.6 Å². The van der Waals surface area contributed by atoms with Crippen molar-refractivity contribution in [1.82, 2.24) is 14.5 Å². The van der Waals surface area contributed by atoms with Crippen molar-refractivity contribution in [3.8, 4) is 0 Å². The fourth-order valence-electron chi connectivity index (χ4n) is 5.24. The molecule has 0 saturated heterocycles. The van der Waals surface area contributed by atoms with Crippen molar-refractivity contribution in [1.29, 1.82) is 0 Å². The topological polar surface area (TPSA) is 80.0 Å². The molecular weight excluding hydrogens is 412 g/mol. The van der Waals surface area contributed by atoms with Crippen LogP contribution in [0.3, 0.4) is 0 Å². The molecule has 164 valence electrons. The maximum Gasteiger partial charge on any atom is 0.260 e. The third-order valence-electron chi connectivity index (χ3n) is 7.53. The van der Waals surface area contributed by atoms with Crippen LogP contribution < -0.4 is 10.9 Å².